The number of furan rings is 1. The van der Waals surface area contributed by atoms with Gasteiger partial charge >= 0.3 is 0 Å². The van der Waals surface area contributed by atoms with Crippen LogP contribution in [0, 0.1) is 0 Å². The molecule has 1 N–H and O–H groups in total. The van der Waals surface area contributed by atoms with Crippen molar-refractivity contribution in [2.24, 2.45) is 0 Å². The monoisotopic (exact) mass is 225 g/mol. The van der Waals surface area contributed by atoms with Crippen LogP contribution in [0.5, 0.6) is 0 Å². The van der Waals surface area contributed by atoms with E-state index in [1.165, 1.54) is 0 Å². The van der Waals surface area contributed by atoms with Gasteiger partial charge in [-0.25, -0.2) is 0 Å². The molecule has 0 saturated carbocycles. The highest BCUT2D eigenvalue weighted by Gasteiger charge is 1.94. The summed E-state index contributed by atoms with van der Waals surface area (Å²) in [5.74, 6) is 0.948. The highest BCUT2D eigenvalue weighted by atomic mass is 79.9. The molecular formula is C6H9BrClNO. The first kappa shape index (κ1) is 10.0. The minimum Gasteiger partial charge on any atom is -0.453 e. The van der Waals surface area contributed by atoms with Crippen LogP contribution in [0.3, 0.4) is 0 Å². The first-order valence-corrected chi connectivity index (χ1v) is 3.51. The Labute approximate surface area is 74.5 Å². The molecule has 0 aliphatic carbocycles. The fraction of sp³-hybridized carbons (Fsp3) is 0.333. The fourth-order valence-electron chi connectivity index (χ4n) is 0.621. The van der Waals surface area contributed by atoms with Crippen molar-refractivity contribution in [2.75, 3.05) is 7.05 Å². The SMILES string of the molecule is CNCc1ccc(Br)o1.Cl. The van der Waals surface area contributed by atoms with Crippen LogP contribution in [0.2, 0.25) is 0 Å². The molecule has 0 amide bonds. The number of nitrogens with one attached hydrogen (secondary N) is 1. The molecule has 4 heteroatoms. The summed E-state index contributed by atoms with van der Waals surface area (Å²) < 4.78 is 5.96. The second-order valence-corrected chi connectivity index (χ2v) is 2.52. The third-order valence-corrected chi connectivity index (χ3v) is 1.41. The van der Waals surface area contributed by atoms with Gasteiger partial charge in [0, 0.05) is 0 Å². The van der Waals surface area contributed by atoms with E-state index in [0.29, 0.717) is 0 Å². The van der Waals surface area contributed by atoms with Crippen LogP contribution in [-0.4, -0.2) is 7.05 Å². The van der Waals surface area contributed by atoms with Gasteiger partial charge in [-0.1, -0.05) is 0 Å². The molecule has 0 atom stereocenters. The zero-order valence-electron chi connectivity index (χ0n) is 5.56. The summed E-state index contributed by atoms with van der Waals surface area (Å²) in [7, 11) is 1.89. The number of rotatable bonds is 2. The summed E-state index contributed by atoms with van der Waals surface area (Å²) in [5, 5.41) is 2.98. The van der Waals surface area contributed by atoms with E-state index in [-0.39, 0.29) is 12.4 Å². The maximum Gasteiger partial charge on any atom is 0.169 e. The Bertz CT molecular complexity index is 190. The number of halogens is 2. The molecule has 2 nitrogen and oxygen atoms in total. The molecule has 0 unspecified atom stereocenters. The number of hydrogen-bond donors (Lipinski definition) is 1. The Morgan fingerprint density at radius 1 is 1.60 bits per heavy atom. The molecule has 0 saturated heterocycles. The third-order valence-electron chi connectivity index (χ3n) is 0.980. The molecule has 0 aliphatic rings. The molecular weight excluding hydrogens is 217 g/mol. The Kier molecular flexibility index (Phi) is 4.77. The second kappa shape index (κ2) is 4.77. The summed E-state index contributed by atoms with van der Waals surface area (Å²) >= 11 is 3.21. The highest BCUT2D eigenvalue weighted by Crippen LogP contribution is 2.13. The van der Waals surface area contributed by atoms with Gasteiger partial charge in [0.25, 0.3) is 0 Å². The lowest BCUT2D eigenvalue weighted by atomic mass is 10.4. The Morgan fingerprint density at radius 2 is 2.30 bits per heavy atom. The largest absolute Gasteiger partial charge is 0.453 e. The molecule has 0 aliphatic heterocycles. The van der Waals surface area contributed by atoms with Crippen molar-refractivity contribution in [2.45, 2.75) is 6.54 Å². The maximum atomic E-state index is 5.18. The van der Waals surface area contributed by atoms with E-state index < -0.39 is 0 Å². The minimum atomic E-state index is 0. The lowest BCUT2D eigenvalue weighted by molar-refractivity contribution is 0.475. The van der Waals surface area contributed by atoms with Gasteiger partial charge in [0.15, 0.2) is 4.67 Å². The van der Waals surface area contributed by atoms with Crippen LogP contribution in [0.4, 0.5) is 0 Å². The van der Waals surface area contributed by atoms with E-state index in [1.54, 1.807) is 0 Å². The molecule has 0 aromatic carbocycles. The van der Waals surface area contributed by atoms with Gasteiger partial charge in [0.05, 0.1) is 6.54 Å². The summed E-state index contributed by atoms with van der Waals surface area (Å²) in [6.07, 6.45) is 0. The van der Waals surface area contributed by atoms with E-state index in [4.69, 9.17) is 4.42 Å². The lowest BCUT2D eigenvalue weighted by Crippen LogP contribution is -2.03. The third kappa shape index (κ3) is 2.73. The van der Waals surface area contributed by atoms with E-state index in [1.807, 2.05) is 19.2 Å². The van der Waals surface area contributed by atoms with E-state index >= 15 is 0 Å². The summed E-state index contributed by atoms with van der Waals surface area (Å²) in [5.41, 5.74) is 0. The second-order valence-electron chi connectivity index (χ2n) is 1.74. The zero-order chi connectivity index (χ0) is 6.69. The summed E-state index contributed by atoms with van der Waals surface area (Å²) in [6.45, 7) is 0.783. The topological polar surface area (TPSA) is 25.2 Å². The standard InChI is InChI=1S/C6H8BrNO.ClH/c1-8-4-5-2-3-6(7)9-5;/h2-3,8H,4H2,1H3;1H. The van der Waals surface area contributed by atoms with E-state index in [9.17, 15) is 0 Å². The first-order valence-electron chi connectivity index (χ1n) is 2.72. The average molecular weight is 227 g/mol. The van der Waals surface area contributed by atoms with Crippen LogP contribution in [0.25, 0.3) is 0 Å². The average Bonchev–Trinajstić information content (AvgIpc) is 2.17. The smallest absolute Gasteiger partial charge is 0.169 e. The van der Waals surface area contributed by atoms with Crippen molar-refractivity contribution in [3.05, 3.63) is 22.6 Å². The molecule has 1 rings (SSSR count). The van der Waals surface area contributed by atoms with E-state index in [2.05, 4.69) is 21.2 Å². The molecule has 0 fully saturated rings. The molecule has 0 radical (unpaired) electrons. The predicted octanol–water partition coefficient (Wildman–Crippen LogP) is 2.18. The van der Waals surface area contributed by atoms with Gasteiger partial charge in [0.1, 0.15) is 5.76 Å². The Balaban J connectivity index is 0.000000810. The zero-order valence-corrected chi connectivity index (χ0v) is 7.96. The first-order chi connectivity index (χ1) is 4.33. The molecule has 0 bridgehead atoms. The molecule has 1 heterocycles. The van der Waals surface area contributed by atoms with Crippen LogP contribution < -0.4 is 5.32 Å². The van der Waals surface area contributed by atoms with Gasteiger partial charge in [-0.05, 0) is 35.1 Å². The quantitative estimate of drug-likeness (QED) is 0.836. The number of hydrogen-bond acceptors (Lipinski definition) is 2. The molecule has 58 valence electrons. The van der Waals surface area contributed by atoms with Crippen LogP contribution in [0.1, 0.15) is 5.76 Å². The van der Waals surface area contributed by atoms with Crippen LogP contribution in [-0.2, 0) is 6.54 Å². The fourth-order valence-corrected chi connectivity index (χ4v) is 0.961. The highest BCUT2D eigenvalue weighted by molar-refractivity contribution is 9.10. The van der Waals surface area contributed by atoms with Gasteiger partial charge in [-0.3, -0.25) is 0 Å². The van der Waals surface area contributed by atoms with Crippen molar-refractivity contribution in [3.63, 3.8) is 0 Å². The summed E-state index contributed by atoms with van der Waals surface area (Å²) in [4.78, 5) is 0. The van der Waals surface area contributed by atoms with Gasteiger partial charge in [0.2, 0.25) is 0 Å². The van der Waals surface area contributed by atoms with Gasteiger partial charge in [-0.15, -0.1) is 12.4 Å². The minimum absolute atomic E-state index is 0. The van der Waals surface area contributed by atoms with Crippen molar-refractivity contribution < 1.29 is 4.42 Å². The molecule has 0 spiro atoms. The molecule has 1 aromatic rings. The Hall–Kier alpha value is 0.01000. The predicted molar refractivity (Wildman–Crippen MR) is 46.4 cm³/mol. The lowest BCUT2D eigenvalue weighted by Gasteiger charge is -1.90. The summed E-state index contributed by atoms with van der Waals surface area (Å²) in [6, 6.07) is 3.81. The van der Waals surface area contributed by atoms with E-state index in [0.717, 1.165) is 17.0 Å². The van der Waals surface area contributed by atoms with Gasteiger partial charge < -0.3 is 9.73 Å². The van der Waals surface area contributed by atoms with Gasteiger partial charge in [-0.2, -0.15) is 0 Å². The maximum absolute atomic E-state index is 5.18. The molecule has 1 aromatic heterocycles. The normalized spacial score (nSPS) is 9.00. The molecule has 10 heavy (non-hydrogen) atoms. The van der Waals surface area contributed by atoms with Crippen molar-refractivity contribution in [1.82, 2.24) is 5.32 Å². The van der Waals surface area contributed by atoms with Crippen LogP contribution >= 0.6 is 28.3 Å². The van der Waals surface area contributed by atoms with Crippen molar-refractivity contribution >= 4 is 28.3 Å². The van der Waals surface area contributed by atoms with Crippen molar-refractivity contribution in [3.8, 4) is 0 Å². The van der Waals surface area contributed by atoms with Crippen LogP contribution in [0.15, 0.2) is 21.2 Å². The van der Waals surface area contributed by atoms with Crippen molar-refractivity contribution in [1.29, 1.82) is 0 Å². The Morgan fingerprint density at radius 3 is 2.70 bits per heavy atom.